The zero-order valence-electron chi connectivity index (χ0n) is 18.4. The summed E-state index contributed by atoms with van der Waals surface area (Å²) in [7, 11) is 1.57. The van der Waals surface area contributed by atoms with Crippen molar-refractivity contribution in [2.75, 3.05) is 12.4 Å². The van der Waals surface area contributed by atoms with Gasteiger partial charge in [-0.15, -0.1) is 0 Å². The summed E-state index contributed by atoms with van der Waals surface area (Å²) in [5.74, 6) is 1.30. The van der Waals surface area contributed by atoms with Gasteiger partial charge in [-0.1, -0.05) is 38.1 Å². The summed E-state index contributed by atoms with van der Waals surface area (Å²) >= 11 is 0. The molecule has 1 N–H and O–H groups in total. The van der Waals surface area contributed by atoms with Crippen LogP contribution >= 0.6 is 0 Å². The van der Waals surface area contributed by atoms with Gasteiger partial charge in [0.1, 0.15) is 11.3 Å². The molecule has 31 heavy (non-hydrogen) atoms. The first kappa shape index (κ1) is 20.7. The molecule has 0 aliphatic heterocycles. The number of ether oxygens (including phenoxy) is 1. The van der Waals surface area contributed by atoms with E-state index in [-0.39, 0.29) is 5.91 Å². The molecule has 0 radical (unpaired) electrons. The minimum absolute atomic E-state index is 0.222. The van der Waals surface area contributed by atoms with Crippen molar-refractivity contribution in [3.05, 3.63) is 76.9 Å². The standard InChI is InChI=1S/C26H26N2O3/c1-15(2)18-11-12-23-22(13-18)28-26(31-23)19-10-9-16(3)21(14-19)27-25(29)20-8-6-7-17(4)24(20)30-5/h6-15H,1-5H3,(H,27,29). The van der Waals surface area contributed by atoms with Gasteiger partial charge in [-0.05, 0) is 66.8 Å². The molecule has 0 aliphatic carbocycles. The third-order valence-corrected chi connectivity index (χ3v) is 5.47. The minimum atomic E-state index is -0.222. The van der Waals surface area contributed by atoms with Crippen LogP contribution in [0.5, 0.6) is 5.75 Å². The van der Waals surface area contributed by atoms with E-state index in [0.717, 1.165) is 27.8 Å². The number of para-hydroxylation sites is 1. The first-order valence-corrected chi connectivity index (χ1v) is 10.3. The Labute approximate surface area is 182 Å². The Balaban J connectivity index is 1.67. The van der Waals surface area contributed by atoms with E-state index in [4.69, 9.17) is 9.15 Å². The SMILES string of the molecule is COc1c(C)cccc1C(=O)Nc1cc(-c2nc3cc(C(C)C)ccc3o2)ccc1C. The molecule has 3 aromatic carbocycles. The van der Waals surface area contributed by atoms with Crippen LogP contribution < -0.4 is 10.1 Å². The van der Waals surface area contributed by atoms with E-state index >= 15 is 0 Å². The van der Waals surface area contributed by atoms with Crippen LogP contribution in [0.1, 0.15) is 46.8 Å². The van der Waals surface area contributed by atoms with Crippen LogP contribution in [0.2, 0.25) is 0 Å². The van der Waals surface area contributed by atoms with Gasteiger partial charge in [0.25, 0.3) is 5.91 Å². The average molecular weight is 415 g/mol. The van der Waals surface area contributed by atoms with E-state index in [9.17, 15) is 4.79 Å². The third-order valence-electron chi connectivity index (χ3n) is 5.47. The second kappa shape index (κ2) is 8.26. The maximum Gasteiger partial charge on any atom is 0.259 e. The van der Waals surface area contributed by atoms with Crippen molar-refractivity contribution in [1.82, 2.24) is 4.98 Å². The molecule has 0 unspecified atom stereocenters. The molecular formula is C26H26N2O3. The van der Waals surface area contributed by atoms with Crippen molar-refractivity contribution < 1.29 is 13.9 Å². The van der Waals surface area contributed by atoms with Gasteiger partial charge in [-0.3, -0.25) is 4.79 Å². The lowest BCUT2D eigenvalue weighted by atomic mass is 10.0. The molecule has 0 saturated heterocycles. The fraction of sp³-hybridized carbons (Fsp3) is 0.231. The number of nitrogens with one attached hydrogen (secondary N) is 1. The van der Waals surface area contributed by atoms with Crippen molar-refractivity contribution >= 4 is 22.7 Å². The summed E-state index contributed by atoms with van der Waals surface area (Å²) in [6.45, 7) is 8.17. The van der Waals surface area contributed by atoms with E-state index in [1.165, 1.54) is 5.56 Å². The number of hydrogen-bond donors (Lipinski definition) is 1. The number of anilines is 1. The van der Waals surface area contributed by atoms with Gasteiger partial charge in [0.15, 0.2) is 5.58 Å². The van der Waals surface area contributed by atoms with Crippen LogP contribution in [-0.4, -0.2) is 18.0 Å². The summed E-state index contributed by atoms with van der Waals surface area (Å²) in [6.07, 6.45) is 0. The average Bonchev–Trinajstić information content (AvgIpc) is 3.18. The van der Waals surface area contributed by atoms with Crippen LogP contribution in [0.25, 0.3) is 22.6 Å². The van der Waals surface area contributed by atoms with Gasteiger partial charge in [-0.25, -0.2) is 4.98 Å². The first-order valence-electron chi connectivity index (χ1n) is 10.3. The van der Waals surface area contributed by atoms with Crippen LogP contribution in [0, 0.1) is 13.8 Å². The van der Waals surface area contributed by atoms with Crippen LogP contribution in [0.4, 0.5) is 5.69 Å². The van der Waals surface area contributed by atoms with E-state index in [1.807, 2.05) is 50.2 Å². The monoisotopic (exact) mass is 414 g/mol. The number of aryl methyl sites for hydroxylation is 2. The number of aromatic nitrogens is 1. The smallest absolute Gasteiger partial charge is 0.259 e. The Morgan fingerprint density at radius 3 is 2.58 bits per heavy atom. The number of fused-ring (bicyclic) bond motifs is 1. The molecule has 0 atom stereocenters. The van der Waals surface area contributed by atoms with Crippen molar-refractivity contribution in [3.63, 3.8) is 0 Å². The van der Waals surface area contributed by atoms with Crippen LogP contribution in [-0.2, 0) is 0 Å². The second-order valence-corrected chi connectivity index (χ2v) is 8.04. The van der Waals surface area contributed by atoms with Gasteiger partial charge in [-0.2, -0.15) is 0 Å². The molecule has 1 amide bonds. The number of methoxy groups -OCH3 is 1. The summed E-state index contributed by atoms with van der Waals surface area (Å²) in [4.78, 5) is 17.6. The highest BCUT2D eigenvalue weighted by molar-refractivity contribution is 6.07. The van der Waals surface area contributed by atoms with E-state index in [2.05, 4.69) is 36.3 Å². The van der Waals surface area contributed by atoms with Crippen LogP contribution in [0.3, 0.4) is 0 Å². The molecule has 5 heteroatoms. The lowest BCUT2D eigenvalue weighted by molar-refractivity contribution is 0.102. The highest BCUT2D eigenvalue weighted by Crippen LogP contribution is 2.30. The maximum atomic E-state index is 13.0. The molecule has 4 rings (SSSR count). The number of oxazole rings is 1. The quantitative estimate of drug-likeness (QED) is 0.405. The van der Waals surface area contributed by atoms with E-state index < -0.39 is 0 Å². The van der Waals surface area contributed by atoms with Gasteiger partial charge in [0.05, 0.1) is 12.7 Å². The summed E-state index contributed by atoms with van der Waals surface area (Å²) < 4.78 is 11.4. The molecule has 1 heterocycles. The predicted octanol–water partition coefficient (Wildman–Crippen LogP) is 6.50. The highest BCUT2D eigenvalue weighted by Gasteiger charge is 2.16. The Hall–Kier alpha value is -3.60. The van der Waals surface area contributed by atoms with E-state index in [1.54, 1.807) is 13.2 Å². The molecule has 5 nitrogen and oxygen atoms in total. The number of nitrogens with zero attached hydrogens (tertiary/aromatic N) is 1. The Morgan fingerprint density at radius 2 is 1.84 bits per heavy atom. The summed E-state index contributed by atoms with van der Waals surface area (Å²) in [6, 6.07) is 17.4. The largest absolute Gasteiger partial charge is 0.496 e. The number of hydrogen-bond acceptors (Lipinski definition) is 4. The number of rotatable bonds is 5. The zero-order chi connectivity index (χ0) is 22.1. The summed E-state index contributed by atoms with van der Waals surface area (Å²) in [5, 5.41) is 3.01. The molecule has 4 aromatic rings. The molecule has 0 saturated carbocycles. The van der Waals surface area contributed by atoms with Crippen molar-refractivity contribution in [2.24, 2.45) is 0 Å². The Bertz CT molecular complexity index is 1270. The molecule has 0 aliphatic rings. The molecule has 158 valence electrons. The van der Waals surface area contributed by atoms with Gasteiger partial charge >= 0.3 is 0 Å². The van der Waals surface area contributed by atoms with Gasteiger partial charge in [0.2, 0.25) is 5.89 Å². The zero-order valence-corrected chi connectivity index (χ0v) is 18.4. The number of amides is 1. The molecule has 0 bridgehead atoms. The van der Waals surface area contributed by atoms with Gasteiger partial charge < -0.3 is 14.5 Å². The molecule has 0 spiro atoms. The van der Waals surface area contributed by atoms with Crippen molar-refractivity contribution in [3.8, 4) is 17.2 Å². The lowest BCUT2D eigenvalue weighted by Gasteiger charge is -2.13. The number of carbonyl (C=O) groups is 1. The third kappa shape index (κ3) is 4.04. The van der Waals surface area contributed by atoms with Crippen LogP contribution in [0.15, 0.2) is 59.0 Å². The molecular weight excluding hydrogens is 388 g/mol. The van der Waals surface area contributed by atoms with Crippen molar-refractivity contribution in [2.45, 2.75) is 33.6 Å². The van der Waals surface area contributed by atoms with Gasteiger partial charge in [0, 0.05) is 11.3 Å². The summed E-state index contributed by atoms with van der Waals surface area (Å²) in [5.41, 5.74) is 6.66. The normalized spacial score (nSPS) is 11.2. The first-order chi connectivity index (χ1) is 14.9. The lowest BCUT2D eigenvalue weighted by Crippen LogP contribution is -2.14. The van der Waals surface area contributed by atoms with E-state index in [0.29, 0.717) is 28.8 Å². The van der Waals surface area contributed by atoms with Crippen molar-refractivity contribution in [1.29, 1.82) is 0 Å². The predicted molar refractivity (Wildman–Crippen MR) is 124 cm³/mol. The maximum absolute atomic E-state index is 13.0. The fourth-order valence-electron chi connectivity index (χ4n) is 3.61. The fourth-order valence-corrected chi connectivity index (χ4v) is 3.61. The topological polar surface area (TPSA) is 64.4 Å². The molecule has 1 aromatic heterocycles. The minimum Gasteiger partial charge on any atom is -0.496 e. The second-order valence-electron chi connectivity index (χ2n) is 8.04. The Morgan fingerprint density at radius 1 is 1.03 bits per heavy atom. The number of benzene rings is 3. The number of carbonyl (C=O) groups excluding carboxylic acids is 1. The Kier molecular flexibility index (Phi) is 5.51. The highest BCUT2D eigenvalue weighted by atomic mass is 16.5. The molecule has 0 fully saturated rings.